The first-order chi connectivity index (χ1) is 9.24. The summed E-state index contributed by atoms with van der Waals surface area (Å²) in [5, 5.41) is 9.15. The lowest BCUT2D eigenvalue weighted by Crippen LogP contribution is -2.07. The van der Waals surface area contributed by atoms with Crippen molar-refractivity contribution in [2.45, 2.75) is 13.2 Å². The highest BCUT2D eigenvalue weighted by Gasteiger charge is 2.11. The molecule has 0 spiro atoms. The molecule has 0 atom stereocenters. The number of rotatable bonds is 6. The predicted octanol–water partition coefficient (Wildman–Crippen LogP) is 2.23. The van der Waals surface area contributed by atoms with Gasteiger partial charge >= 0.3 is 0 Å². The van der Waals surface area contributed by atoms with Gasteiger partial charge in [0.2, 0.25) is 0 Å². The molecule has 0 unspecified atom stereocenters. The van der Waals surface area contributed by atoms with Crippen LogP contribution in [-0.2, 0) is 13.2 Å². The van der Waals surface area contributed by atoms with Crippen molar-refractivity contribution in [1.82, 2.24) is 9.55 Å². The quantitative estimate of drug-likeness (QED) is 0.884. The molecule has 0 aliphatic heterocycles. The van der Waals surface area contributed by atoms with Gasteiger partial charge in [0.15, 0.2) is 11.5 Å². The van der Waals surface area contributed by atoms with Crippen LogP contribution in [0.5, 0.6) is 11.5 Å². The molecule has 0 aliphatic carbocycles. The fourth-order valence-electron chi connectivity index (χ4n) is 1.68. The minimum Gasteiger partial charge on any atom is -0.493 e. The fraction of sp³-hybridized carbons (Fsp3) is 0.308. The molecule has 19 heavy (non-hydrogen) atoms. The third kappa shape index (κ3) is 3.48. The number of nitrogens with zero attached hydrogens (tertiary/aromatic N) is 2. The normalized spacial score (nSPS) is 10.5. The number of hydrogen-bond donors (Lipinski definition) is 1. The minimum absolute atomic E-state index is 0.0374. The Morgan fingerprint density at radius 1 is 1.42 bits per heavy atom. The van der Waals surface area contributed by atoms with Gasteiger partial charge in [-0.3, -0.25) is 0 Å². The molecule has 2 aromatic rings. The third-order valence-corrected chi connectivity index (χ3v) is 3.22. The van der Waals surface area contributed by atoms with Crippen LogP contribution in [0.15, 0.2) is 35.3 Å². The molecule has 1 aromatic carbocycles. The average Bonchev–Trinajstić information content (AvgIpc) is 2.93. The fourth-order valence-corrected chi connectivity index (χ4v) is 2.28. The summed E-state index contributed by atoms with van der Waals surface area (Å²) < 4.78 is 13.7. The summed E-state index contributed by atoms with van der Waals surface area (Å²) >= 11 is 3.42. The van der Waals surface area contributed by atoms with Gasteiger partial charge in [0.1, 0.15) is 6.61 Å². The Morgan fingerprint density at radius 3 is 2.89 bits per heavy atom. The van der Waals surface area contributed by atoms with Crippen molar-refractivity contribution in [3.63, 3.8) is 0 Å². The van der Waals surface area contributed by atoms with Crippen molar-refractivity contribution in [2.75, 3.05) is 13.7 Å². The lowest BCUT2D eigenvalue weighted by molar-refractivity contribution is 0.271. The molecule has 0 saturated heterocycles. The minimum atomic E-state index is -0.0374. The molecule has 102 valence electrons. The van der Waals surface area contributed by atoms with E-state index < -0.39 is 0 Å². The molecule has 0 radical (unpaired) electrons. The van der Waals surface area contributed by atoms with E-state index in [4.69, 9.17) is 14.6 Å². The Hall–Kier alpha value is -1.53. The summed E-state index contributed by atoms with van der Waals surface area (Å²) in [6.07, 6.45) is 5.35. The van der Waals surface area contributed by atoms with E-state index in [0.717, 1.165) is 10.0 Å². The molecular weight excluding hydrogens is 312 g/mol. The highest BCUT2D eigenvalue weighted by Crippen LogP contribution is 2.36. The van der Waals surface area contributed by atoms with Crippen LogP contribution in [0.2, 0.25) is 0 Å². The summed E-state index contributed by atoms with van der Waals surface area (Å²) in [5.41, 5.74) is 0.769. The molecule has 0 fully saturated rings. The van der Waals surface area contributed by atoms with E-state index in [9.17, 15) is 0 Å². The molecule has 1 N–H and O–H groups in total. The van der Waals surface area contributed by atoms with Crippen molar-refractivity contribution >= 4 is 15.9 Å². The second-order valence-corrected chi connectivity index (χ2v) is 4.77. The molecule has 0 saturated carbocycles. The van der Waals surface area contributed by atoms with Gasteiger partial charge in [-0.2, -0.15) is 0 Å². The molecule has 0 amide bonds. The maximum absolute atomic E-state index is 9.15. The number of aromatic nitrogens is 2. The highest BCUT2D eigenvalue weighted by molar-refractivity contribution is 9.10. The van der Waals surface area contributed by atoms with Crippen LogP contribution < -0.4 is 9.47 Å². The van der Waals surface area contributed by atoms with Gasteiger partial charge in [0.25, 0.3) is 0 Å². The SMILES string of the molecule is COc1cc(CO)cc(Br)c1OCCn1ccnc1. The molecule has 2 rings (SSSR count). The first-order valence-electron chi connectivity index (χ1n) is 5.80. The largest absolute Gasteiger partial charge is 0.493 e. The van der Waals surface area contributed by atoms with E-state index in [-0.39, 0.29) is 6.61 Å². The lowest BCUT2D eigenvalue weighted by atomic mass is 10.2. The first-order valence-corrected chi connectivity index (χ1v) is 6.59. The standard InChI is InChI=1S/C13H15BrN2O3/c1-18-12-7-10(8-17)6-11(14)13(12)19-5-4-16-3-2-15-9-16/h2-3,6-7,9,17H,4-5,8H2,1H3. The summed E-state index contributed by atoms with van der Waals surface area (Å²) in [6, 6.07) is 3.58. The predicted molar refractivity (Wildman–Crippen MR) is 74.3 cm³/mol. The maximum Gasteiger partial charge on any atom is 0.175 e. The van der Waals surface area contributed by atoms with E-state index in [1.165, 1.54) is 0 Å². The second-order valence-electron chi connectivity index (χ2n) is 3.92. The Bertz CT molecular complexity index is 529. The van der Waals surface area contributed by atoms with Crippen LogP contribution in [0.1, 0.15) is 5.56 Å². The van der Waals surface area contributed by atoms with E-state index in [2.05, 4.69) is 20.9 Å². The second kappa shape index (κ2) is 6.58. The zero-order valence-electron chi connectivity index (χ0n) is 10.5. The zero-order chi connectivity index (χ0) is 13.7. The molecule has 0 bridgehead atoms. The van der Waals surface area contributed by atoms with Crippen molar-refractivity contribution < 1.29 is 14.6 Å². The number of benzene rings is 1. The number of aliphatic hydroxyl groups excluding tert-OH is 1. The number of aliphatic hydroxyl groups is 1. The van der Waals surface area contributed by atoms with Crippen molar-refractivity contribution in [1.29, 1.82) is 0 Å². The Kier molecular flexibility index (Phi) is 4.81. The molecule has 5 nitrogen and oxygen atoms in total. The number of methoxy groups -OCH3 is 1. The van der Waals surface area contributed by atoms with Gasteiger partial charge in [-0.15, -0.1) is 0 Å². The Morgan fingerprint density at radius 2 is 2.26 bits per heavy atom. The van der Waals surface area contributed by atoms with E-state index in [1.807, 2.05) is 16.8 Å². The average molecular weight is 327 g/mol. The Labute approximate surface area is 119 Å². The molecular formula is C13H15BrN2O3. The van der Waals surface area contributed by atoms with Gasteiger partial charge in [-0.1, -0.05) is 0 Å². The third-order valence-electron chi connectivity index (χ3n) is 2.63. The number of halogens is 1. The number of ether oxygens (including phenoxy) is 2. The van der Waals surface area contributed by atoms with Crippen molar-refractivity contribution in [3.05, 3.63) is 40.9 Å². The van der Waals surface area contributed by atoms with E-state index >= 15 is 0 Å². The van der Waals surface area contributed by atoms with Crippen molar-refractivity contribution in [3.8, 4) is 11.5 Å². The van der Waals surface area contributed by atoms with Gasteiger partial charge < -0.3 is 19.1 Å². The Balaban J connectivity index is 2.06. The molecule has 0 aliphatic rings. The molecule has 1 aromatic heterocycles. The topological polar surface area (TPSA) is 56.5 Å². The van der Waals surface area contributed by atoms with E-state index in [1.54, 1.807) is 25.7 Å². The molecule has 6 heteroatoms. The van der Waals surface area contributed by atoms with Crippen LogP contribution in [-0.4, -0.2) is 28.4 Å². The lowest BCUT2D eigenvalue weighted by Gasteiger charge is -2.14. The van der Waals surface area contributed by atoms with Crippen LogP contribution in [0, 0.1) is 0 Å². The first kappa shape index (κ1) is 13.9. The highest BCUT2D eigenvalue weighted by atomic mass is 79.9. The van der Waals surface area contributed by atoms with Crippen LogP contribution in [0.25, 0.3) is 0 Å². The van der Waals surface area contributed by atoms with Gasteiger partial charge in [0, 0.05) is 12.4 Å². The maximum atomic E-state index is 9.15. The van der Waals surface area contributed by atoms with Crippen LogP contribution >= 0.6 is 15.9 Å². The zero-order valence-corrected chi connectivity index (χ0v) is 12.1. The smallest absolute Gasteiger partial charge is 0.175 e. The van der Waals surface area contributed by atoms with Gasteiger partial charge in [-0.05, 0) is 33.6 Å². The van der Waals surface area contributed by atoms with Crippen LogP contribution in [0.3, 0.4) is 0 Å². The summed E-state index contributed by atoms with van der Waals surface area (Å²) in [7, 11) is 1.58. The van der Waals surface area contributed by atoms with Crippen LogP contribution in [0.4, 0.5) is 0 Å². The van der Waals surface area contributed by atoms with Crippen molar-refractivity contribution in [2.24, 2.45) is 0 Å². The van der Waals surface area contributed by atoms with E-state index in [0.29, 0.717) is 24.7 Å². The van der Waals surface area contributed by atoms with Gasteiger partial charge in [-0.25, -0.2) is 4.98 Å². The summed E-state index contributed by atoms with van der Waals surface area (Å²) in [5.74, 6) is 1.24. The summed E-state index contributed by atoms with van der Waals surface area (Å²) in [6.45, 7) is 1.17. The molecule has 1 heterocycles. The monoisotopic (exact) mass is 326 g/mol. The number of hydrogen-bond acceptors (Lipinski definition) is 4. The number of imidazole rings is 1. The van der Waals surface area contributed by atoms with Gasteiger partial charge in [0.05, 0.1) is 31.1 Å². The summed E-state index contributed by atoms with van der Waals surface area (Å²) in [4.78, 5) is 3.97.